The summed E-state index contributed by atoms with van der Waals surface area (Å²) in [5, 5.41) is 14.1. The maximum Gasteiger partial charge on any atom is 0.293 e. The van der Waals surface area contributed by atoms with Gasteiger partial charge in [0.05, 0.1) is 22.4 Å². The van der Waals surface area contributed by atoms with Crippen LogP contribution in [0.3, 0.4) is 0 Å². The van der Waals surface area contributed by atoms with Crippen LogP contribution in [0.2, 0.25) is 0 Å². The second-order valence-corrected chi connectivity index (χ2v) is 6.43. The summed E-state index contributed by atoms with van der Waals surface area (Å²) in [7, 11) is 3.36. The van der Waals surface area contributed by atoms with Crippen molar-refractivity contribution in [3.8, 4) is 0 Å². The van der Waals surface area contributed by atoms with Crippen molar-refractivity contribution in [2.75, 3.05) is 24.3 Å². The Kier molecular flexibility index (Phi) is 5.64. The highest BCUT2D eigenvalue weighted by Gasteiger charge is 2.22. The van der Waals surface area contributed by atoms with Gasteiger partial charge in [-0.2, -0.15) is 0 Å². The molecule has 1 N–H and O–H groups in total. The van der Waals surface area contributed by atoms with Crippen molar-refractivity contribution in [2.45, 2.75) is 0 Å². The van der Waals surface area contributed by atoms with E-state index in [4.69, 9.17) is 0 Å². The second kappa shape index (κ2) is 8.30. The molecule has 8 heteroatoms. The van der Waals surface area contributed by atoms with Crippen molar-refractivity contribution < 1.29 is 14.5 Å². The van der Waals surface area contributed by atoms with E-state index in [2.05, 4.69) is 10.3 Å². The van der Waals surface area contributed by atoms with Gasteiger partial charge in [0.15, 0.2) is 5.78 Å². The standard InChI is InChI=1S/C21H18N4O4/c1-24(2)18-10-9-14(12-19(18)25(28)29)20(26)16-7-3-4-8-17(16)21(27)23-15-6-5-11-22-13-15/h3-13H,1-2H3,(H,23,27). The van der Waals surface area contributed by atoms with Crippen LogP contribution in [0.15, 0.2) is 67.0 Å². The molecule has 0 atom stereocenters. The average molecular weight is 390 g/mol. The SMILES string of the molecule is CN(C)c1ccc(C(=O)c2ccccc2C(=O)Nc2cccnc2)cc1[N+](=O)[O-]. The molecule has 0 fully saturated rings. The van der Waals surface area contributed by atoms with E-state index in [1.807, 2.05) is 0 Å². The summed E-state index contributed by atoms with van der Waals surface area (Å²) >= 11 is 0. The number of nitrogens with zero attached hydrogens (tertiary/aromatic N) is 3. The average Bonchev–Trinajstić information content (AvgIpc) is 2.73. The van der Waals surface area contributed by atoms with E-state index in [0.717, 1.165) is 0 Å². The predicted octanol–water partition coefficient (Wildman–Crippen LogP) is 3.54. The molecule has 1 aromatic heterocycles. The van der Waals surface area contributed by atoms with Gasteiger partial charge in [-0.05, 0) is 30.3 Å². The lowest BCUT2D eigenvalue weighted by Gasteiger charge is -2.14. The molecule has 29 heavy (non-hydrogen) atoms. The van der Waals surface area contributed by atoms with Crippen molar-refractivity contribution in [1.29, 1.82) is 0 Å². The minimum Gasteiger partial charge on any atom is -0.372 e. The molecule has 0 saturated carbocycles. The Balaban J connectivity index is 1.97. The number of aromatic nitrogens is 1. The number of nitro groups is 1. The number of hydrogen-bond acceptors (Lipinski definition) is 6. The van der Waals surface area contributed by atoms with Crippen LogP contribution in [-0.2, 0) is 0 Å². The second-order valence-electron chi connectivity index (χ2n) is 6.43. The summed E-state index contributed by atoms with van der Waals surface area (Å²) in [5.74, 6) is -0.947. The van der Waals surface area contributed by atoms with Crippen LogP contribution in [0.5, 0.6) is 0 Å². The molecule has 1 amide bonds. The third-order valence-electron chi connectivity index (χ3n) is 4.25. The zero-order chi connectivity index (χ0) is 21.0. The van der Waals surface area contributed by atoms with Crippen LogP contribution in [0.4, 0.5) is 17.1 Å². The van der Waals surface area contributed by atoms with Crippen molar-refractivity contribution in [1.82, 2.24) is 4.98 Å². The van der Waals surface area contributed by atoms with Gasteiger partial charge in [0.1, 0.15) is 5.69 Å². The van der Waals surface area contributed by atoms with Crippen LogP contribution < -0.4 is 10.2 Å². The van der Waals surface area contributed by atoms with Crippen molar-refractivity contribution in [3.05, 3.63) is 93.8 Å². The number of hydrogen-bond donors (Lipinski definition) is 1. The van der Waals surface area contributed by atoms with Crippen molar-refractivity contribution >= 4 is 28.8 Å². The minimum absolute atomic E-state index is 0.129. The van der Waals surface area contributed by atoms with Crippen LogP contribution in [0.25, 0.3) is 0 Å². The molecule has 0 bridgehead atoms. The molecule has 1 heterocycles. The van der Waals surface area contributed by atoms with Gasteiger partial charge in [0, 0.05) is 37.5 Å². The lowest BCUT2D eigenvalue weighted by atomic mass is 9.97. The van der Waals surface area contributed by atoms with Gasteiger partial charge in [-0.25, -0.2) is 0 Å². The number of benzene rings is 2. The van der Waals surface area contributed by atoms with Gasteiger partial charge < -0.3 is 10.2 Å². The lowest BCUT2D eigenvalue weighted by molar-refractivity contribution is -0.384. The fraction of sp³-hybridized carbons (Fsp3) is 0.0952. The van der Waals surface area contributed by atoms with E-state index in [1.165, 1.54) is 36.5 Å². The molecule has 0 aliphatic rings. The van der Waals surface area contributed by atoms with Gasteiger partial charge in [0.25, 0.3) is 11.6 Å². The maximum atomic E-state index is 13.1. The third-order valence-corrected chi connectivity index (χ3v) is 4.25. The fourth-order valence-corrected chi connectivity index (χ4v) is 2.86. The summed E-state index contributed by atoms with van der Waals surface area (Å²) in [4.78, 5) is 42.1. The monoisotopic (exact) mass is 390 g/mol. The van der Waals surface area contributed by atoms with E-state index >= 15 is 0 Å². The molecular weight excluding hydrogens is 372 g/mol. The maximum absolute atomic E-state index is 13.1. The Morgan fingerprint density at radius 1 is 1.03 bits per heavy atom. The first kappa shape index (κ1) is 19.7. The molecule has 0 aliphatic carbocycles. The molecule has 146 valence electrons. The van der Waals surface area contributed by atoms with Gasteiger partial charge in [-0.1, -0.05) is 18.2 Å². The summed E-state index contributed by atoms with van der Waals surface area (Å²) in [6.45, 7) is 0. The number of pyridine rings is 1. The van der Waals surface area contributed by atoms with E-state index in [-0.39, 0.29) is 22.4 Å². The summed E-state index contributed by atoms with van der Waals surface area (Å²) in [5.41, 5.74) is 1.14. The number of amides is 1. The smallest absolute Gasteiger partial charge is 0.293 e. The molecule has 3 rings (SSSR count). The number of rotatable bonds is 6. The summed E-state index contributed by atoms with van der Waals surface area (Å²) < 4.78 is 0. The molecule has 0 saturated heterocycles. The number of carbonyl (C=O) groups is 2. The largest absolute Gasteiger partial charge is 0.372 e. The predicted molar refractivity (Wildman–Crippen MR) is 109 cm³/mol. The van der Waals surface area contributed by atoms with Gasteiger partial charge >= 0.3 is 0 Å². The Hall–Kier alpha value is -4.07. The first-order chi connectivity index (χ1) is 13.9. The Morgan fingerprint density at radius 2 is 1.76 bits per heavy atom. The number of anilines is 2. The Morgan fingerprint density at radius 3 is 2.38 bits per heavy atom. The van der Waals surface area contributed by atoms with Crippen LogP contribution in [0, 0.1) is 10.1 Å². The highest BCUT2D eigenvalue weighted by Crippen LogP contribution is 2.29. The molecule has 2 aromatic carbocycles. The first-order valence-electron chi connectivity index (χ1n) is 8.69. The molecule has 0 spiro atoms. The Labute approximate surface area is 167 Å². The topological polar surface area (TPSA) is 105 Å². The van der Waals surface area contributed by atoms with E-state index in [0.29, 0.717) is 11.4 Å². The molecule has 3 aromatic rings. The van der Waals surface area contributed by atoms with E-state index in [9.17, 15) is 19.7 Å². The number of nitro benzene ring substituents is 1. The van der Waals surface area contributed by atoms with E-state index < -0.39 is 16.6 Å². The van der Waals surface area contributed by atoms with Crippen LogP contribution in [-0.4, -0.2) is 35.7 Å². The van der Waals surface area contributed by atoms with Crippen molar-refractivity contribution in [3.63, 3.8) is 0 Å². The number of ketones is 1. The molecule has 0 aliphatic heterocycles. The van der Waals surface area contributed by atoms with Crippen LogP contribution >= 0.6 is 0 Å². The quantitative estimate of drug-likeness (QED) is 0.392. The molecule has 0 unspecified atom stereocenters. The zero-order valence-electron chi connectivity index (χ0n) is 15.8. The van der Waals surface area contributed by atoms with Gasteiger partial charge in [-0.3, -0.25) is 24.7 Å². The highest BCUT2D eigenvalue weighted by molar-refractivity contribution is 6.18. The fourth-order valence-electron chi connectivity index (χ4n) is 2.86. The lowest BCUT2D eigenvalue weighted by Crippen LogP contribution is -2.17. The zero-order valence-corrected chi connectivity index (χ0v) is 15.8. The van der Waals surface area contributed by atoms with E-state index in [1.54, 1.807) is 49.5 Å². The summed E-state index contributed by atoms with van der Waals surface area (Å²) in [6.07, 6.45) is 3.07. The Bertz CT molecular complexity index is 1080. The normalized spacial score (nSPS) is 10.3. The first-order valence-corrected chi connectivity index (χ1v) is 8.69. The molecule has 8 nitrogen and oxygen atoms in total. The third kappa shape index (κ3) is 4.27. The van der Waals surface area contributed by atoms with Gasteiger partial charge in [-0.15, -0.1) is 0 Å². The highest BCUT2D eigenvalue weighted by atomic mass is 16.6. The van der Waals surface area contributed by atoms with Crippen molar-refractivity contribution in [2.24, 2.45) is 0 Å². The molecule has 0 radical (unpaired) electrons. The van der Waals surface area contributed by atoms with Gasteiger partial charge in [0.2, 0.25) is 0 Å². The van der Waals surface area contributed by atoms with Crippen LogP contribution in [0.1, 0.15) is 26.3 Å². The number of nitrogens with one attached hydrogen (secondary N) is 1. The summed E-state index contributed by atoms with van der Waals surface area (Å²) in [6, 6.07) is 13.9. The number of carbonyl (C=O) groups excluding carboxylic acids is 2. The minimum atomic E-state index is -0.535. The molecular formula is C21H18N4O4.